The lowest BCUT2D eigenvalue weighted by Crippen LogP contribution is -2.31. The lowest BCUT2D eigenvalue weighted by atomic mass is 10.1. The number of hydrogen-bond acceptors (Lipinski definition) is 4. The smallest absolute Gasteiger partial charge is 0.261 e. The maximum atomic E-state index is 13.3. The molecule has 0 atom stereocenters. The Labute approximate surface area is 197 Å². The second-order valence-electron chi connectivity index (χ2n) is 7.77. The summed E-state index contributed by atoms with van der Waals surface area (Å²) in [5, 5.41) is 6.81. The molecule has 0 aliphatic carbocycles. The molecule has 0 fully saturated rings. The predicted molar refractivity (Wildman–Crippen MR) is 129 cm³/mol. The van der Waals surface area contributed by atoms with Crippen LogP contribution in [-0.4, -0.2) is 23.5 Å². The Morgan fingerprint density at radius 1 is 0.971 bits per heavy atom. The topological polar surface area (TPSA) is 75.4 Å². The van der Waals surface area contributed by atoms with Gasteiger partial charge in [0.15, 0.2) is 0 Å². The van der Waals surface area contributed by atoms with Crippen LogP contribution in [0, 0.1) is 12.7 Å². The predicted octanol–water partition coefficient (Wildman–Crippen LogP) is 5.64. The molecule has 1 heterocycles. The first kappa shape index (κ1) is 22.9. The second-order valence-corrected chi connectivity index (χ2v) is 7.77. The van der Waals surface area contributed by atoms with Gasteiger partial charge in [0.1, 0.15) is 22.8 Å². The highest BCUT2D eigenvalue weighted by Gasteiger charge is 2.22. The van der Waals surface area contributed by atoms with E-state index in [4.69, 9.17) is 4.52 Å². The van der Waals surface area contributed by atoms with Gasteiger partial charge in [0, 0.05) is 23.5 Å². The molecular weight excluding hydrogens is 433 g/mol. The fourth-order valence-corrected chi connectivity index (χ4v) is 3.72. The molecule has 0 aliphatic heterocycles. The van der Waals surface area contributed by atoms with Crippen LogP contribution in [0.2, 0.25) is 0 Å². The van der Waals surface area contributed by atoms with Crippen molar-refractivity contribution in [1.29, 1.82) is 0 Å². The van der Waals surface area contributed by atoms with Crippen molar-refractivity contribution in [1.82, 2.24) is 5.16 Å². The molecule has 4 rings (SSSR count). The molecule has 7 heteroatoms. The molecule has 0 radical (unpaired) electrons. The summed E-state index contributed by atoms with van der Waals surface area (Å²) in [4.78, 5) is 27.5. The molecule has 0 saturated heterocycles. The van der Waals surface area contributed by atoms with E-state index in [0.717, 1.165) is 11.3 Å². The number of likely N-dealkylation sites (N-methyl/N-ethyl adjacent to an activating group) is 1. The van der Waals surface area contributed by atoms with Gasteiger partial charge in [-0.1, -0.05) is 35.5 Å². The molecule has 2 amide bonds. The van der Waals surface area contributed by atoms with Crippen molar-refractivity contribution in [3.05, 3.63) is 102 Å². The number of carbonyl (C=O) groups is 2. The minimum absolute atomic E-state index is 0.00507. The summed E-state index contributed by atoms with van der Waals surface area (Å²) in [6.07, 6.45) is 0.246. The van der Waals surface area contributed by atoms with Crippen molar-refractivity contribution in [2.45, 2.75) is 20.3 Å². The van der Waals surface area contributed by atoms with Crippen molar-refractivity contribution in [3.63, 3.8) is 0 Å². The minimum Gasteiger partial charge on any atom is -0.360 e. The summed E-state index contributed by atoms with van der Waals surface area (Å²) >= 11 is 0. The van der Waals surface area contributed by atoms with Crippen LogP contribution < -0.4 is 10.2 Å². The van der Waals surface area contributed by atoms with Gasteiger partial charge in [0.25, 0.3) is 5.91 Å². The van der Waals surface area contributed by atoms with Crippen molar-refractivity contribution in [2.75, 3.05) is 16.8 Å². The normalized spacial score (nSPS) is 10.7. The summed E-state index contributed by atoms with van der Waals surface area (Å²) in [6.45, 7) is 4.16. The van der Waals surface area contributed by atoms with Crippen LogP contribution in [-0.2, 0) is 11.2 Å². The number of aromatic nitrogens is 1. The van der Waals surface area contributed by atoms with Gasteiger partial charge in [-0.05, 0) is 67.9 Å². The molecule has 3 aromatic carbocycles. The number of rotatable bonds is 7. The number of benzene rings is 3. The molecule has 6 nitrogen and oxygen atoms in total. The van der Waals surface area contributed by atoms with E-state index in [1.54, 1.807) is 36.1 Å². The molecule has 1 aromatic heterocycles. The third-order valence-electron chi connectivity index (χ3n) is 5.46. The highest BCUT2D eigenvalue weighted by atomic mass is 19.1. The number of aryl methyl sites for hydroxylation is 1. The van der Waals surface area contributed by atoms with E-state index in [0.29, 0.717) is 29.2 Å². The zero-order chi connectivity index (χ0) is 24.1. The van der Waals surface area contributed by atoms with Gasteiger partial charge in [-0.15, -0.1) is 0 Å². The number of nitrogens with one attached hydrogen (secondary N) is 1. The second kappa shape index (κ2) is 10.1. The van der Waals surface area contributed by atoms with Gasteiger partial charge in [-0.3, -0.25) is 9.59 Å². The summed E-state index contributed by atoms with van der Waals surface area (Å²) in [7, 11) is 0. The van der Waals surface area contributed by atoms with Crippen LogP contribution >= 0.6 is 0 Å². The molecule has 0 bridgehead atoms. The van der Waals surface area contributed by atoms with E-state index < -0.39 is 0 Å². The number of para-hydroxylation sites is 1. The first-order chi connectivity index (χ1) is 16.5. The Hall–Kier alpha value is -4.26. The van der Waals surface area contributed by atoms with Gasteiger partial charge in [-0.2, -0.15) is 0 Å². The number of nitrogens with zero attached hydrogens (tertiary/aromatic N) is 2. The van der Waals surface area contributed by atoms with Crippen molar-refractivity contribution < 1.29 is 18.5 Å². The molecule has 4 aromatic rings. The Bertz CT molecular complexity index is 1280. The summed E-state index contributed by atoms with van der Waals surface area (Å²) in [5.74, 6) is -0.406. The molecule has 0 spiro atoms. The molecule has 0 aliphatic rings. The number of halogens is 1. The van der Waals surface area contributed by atoms with Gasteiger partial charge in [-0.25, -0.2) is 4.39 Å². The van der Waals surface area contributed by atoms with E-state index >= 15 is 0 Å². The first-order valence-corrected chi connectivity index (χ1v) is 10.9. The van der Waals surface area contributed by atoms with Crippen molar-refractivity contribution in [2.24, 2.45) is 0 Å². The van der Waals surface area contributed by atoms with E-state index in [1.165, 1.54) is 12.1 Å². The lowest BCUT2D eigenvalue weighted by Gasteiger charge is -2.21. The standard InChI is InChI=1S/C27H24FN3O3/c1-3-31(23-7-5-4-6-8-23)24(32)17-19-9-15-22(16-10-19)29-27(33)25-18(2)34-30-26(25)20-11-13-21(28)14-12-20/h4-16H,3,17H2,1-2H3,(H,29,33). The van der Waals surface area contributed by atoms with Crippen molar-refractivity contribution >= 4 is 23.2 Å². The number of anilines is 2. The number of amides is 2. The monoisotopic (exact) mass is 457 g/mol. The maximum Gasteiger partial charge on any atom is 0.261 e. The SMILES string of the molecule is CCN(C(=O)Cc1ccc(NC(=O)c2c(-c3ccc(F)cc3)noc2C)cc1)c1ccccc1. The molecular formula is C27H24FN3O3. The Kier molecular flexibility index (Phi) is 6.82. The summed E-state index contributed by atoms with van der Waals surface area (Å²) < 4.78 is 18.5. The largest absolute Gasteiger partial charge is 0.360 e. The molecule has 1 N–H and O–H groups in total. The third-order valence-corrected chi connectivity index (χ3v) is 5.46. The van der Waals surface area contributed by atoms with Gasteiger partial charge < -0.3 is 14.7 Å². The fraction of sp³-hybridized carbons (Fsp3) is 0.148. The van der Waals surface area contributed by atoms with E-state index in [9.17, 15) is 14.0 Å². The van der Waals surface area contributed by atoms with Crippen LogP contribution in [0.1, 0.15) is 28.6 Å². The zero-order valence-corrected chi connectivity index (χ0v) is 18.9. The van der Waals surface area contributed by atoms with Gasteiger partial charge in [0.2, 0.25) is 5.91 Å². The van der Waals surface area contributed by atoms with Crippen LogP contribution in [0.15, 0.2) is 83.4 Å². The number of hydrogen-bond donors (Lipinski definition) is 1. The average molecular weight is 458 g/mol. The maximum absolute atomic E-state index is 13.3. The highest BCUT2D eigenvalue weighted by molar-refractivity contribution is 6.08. The zero-order valence-electron chi connectivity index (χ0n) is 18.9. The van der Waals surface area contributed by atoms with E-state index in [2.05, 4.69) is 10.5 Å². The van der Waals surface area contributed by atoms with Crippen molar-refractivity contribution in [3.8, 4) is 11.3 Å². The van der Waals surface area contributed by atoms with Crippen LogP contribution in [0.5, 0.6) is 0 Å². The van der Waals surface area contributed by atoms with Gasteiger partial charge >= 0.3 is 0 Å². The summed E-state index contributed by atoms with van der Waals surface area (Å²) in [5.41, 5.74) is 3.48. The minimum atomic E-state index is -0.386. The highest BCUT2D eigenvalue weighted by Crippen LogP contribution is 2.26. The van der Waals surface area contributed by atoms with Crippen LogP contribution in [0.4, 0.5) is 15.8 Å². The van der Waals surface area contributed by atoms with Crippen LogP contribution in [0.25, 0.3) is 11.3 Å². The molecule has 0 unspecified atom stereocenters. The van der Waals surface area contributed by atoms with E-state index in [1.807, 2.05) is 49.4 Å². The van der Waals surface area contributed by atoms with Crippen LogP contribution in [0.3, 0.4) is 0 Å². The van der Waals surface area contributed by atoms with Gasteiger partial charge in [0.05, 0.1) is 6.42 Å². The average Bonchev–Trinajstić information content (AvgIpc) is 3.23. The van der Waals surface area contributed by atoms with E-state index in [-0.39, 0.29) is 29.6 Å². The Morgan fingerprint density at radius 2 is 1.65 bits per heavy atom. The lowest BCUT2D eigenvalue weighted by molar-refractivity contribution is -0.117. The molecule has 172 valence electrons. The molecule has 34 heavy (non-hydrogen) atoms. The number of carbonyl (C=O) groups excluding carboxylic acids is 2. The third kappa shape index (κ3) is 5.04. The summed E-state index contributed by atoms with van der Waals surface area (Å²) in [6, 6.07) is 22.4. The Morgan fingerprint density at radius 3 is 2.29 bits per heavy atom. The first-order valence-electron chi connectivity index (χ1n) is 10.9. The fourth-order valence-electron chi connectivity index (χ4n) is 3.72. The quantitative estimate of drug-likeness (QED) is 0.390. The Balaban J connectivity index is 1.45. The molecule has 0 saturated carbocycles.